The smallest absolute Gasteiger partial charge is 0.401 e. The lowest BCUT2D eigenvalue weighted by atomic mass is 10.2. The number of hydrogen-bond acceptors (Lipinski definition) is 3. The Kier molecular flexibility index (Phi) is 8.94. The van der Waals surface area contributed by atoms with Gasteiger partial charge in [-0.05, 0) is 12.5 Å². The molecule has 1 aliphatic rings. The molecule has 148 valence electrons. The SMILES string of the molecule is CN=C(NC1CCN(CC(F)(F)F)C1)N(C)Cc1ccccc1OC.I. The molecule has 1 saturated heterocycles. The van der Waals surface area contributed by atoms with E-state index in [1.807, 2.05) is 36.2 Å². The molecule has 1 atom stereocenters. The molecule has 9 heteroatoms. The molecule has 2 rings (SSSR count). The maximum absolute atomic E-state index is 12.5. The van der Waals surface area contributed by atoms with Gasteiger partial charge in [0.05, 0.1) is 13.7 Å². The number of ether oxygens (including phenoxy) is 1. The molecule has 1 aliphatic heterocycles. The van der Waals surface area contributed by atoms with Gasteiger partial charge < -0.3 is 15.0 Å². The Morgan fingerprint density at radius 3 is 2.69 bits per heavy atom. The van der Waals surface area contributed by atoms with Gasteiger partial charge in [0.15, 0.2) is 5.96 Å². The fourth-order valence-corrected chi connectivity index (χ4v) is 3.04. The highest BCUT2D eigenvalue weighted by Gasteiger charge is 2.34. The number of para-hydroxylation sites is 1. The fourth-order valence-electron chi connectivity index (χ4n) is 3.04. The molecule has 0 amide bonds. The summed E-state index contributed by atoms with van der Waals surface area (Å²) in [6.45, 7) is 0.523. The number of halogens is 4. The first-order valence-corrected chi connectivity index (χ1v) is 8.18. The lowest BCUT2D eigenvalue weighted by Crippen LogP contribution is -2.45. The molecule has 1 fully saturated rings. The zero-order valence-corrected chi connectivity index (χ0v) is 17.5. The van der Waals surface area contributed by atoms with Crippen LogP contribution in [-0.4, -0.2) is 68.8 Å². The molecule has 0 radical (unpaired) electrons. The number of rotatable bonds is 5. The summed E-state index contributed by atoms with van der Waals surface area (Å²) >= 11 is 0. The van der Waals surface area contributed by atoms with Crippen LogP contribution in [0.4, 0.5) is 13.2 Å². The number of aliphatic imine (C=N–C) groups is 1. The molecule has 1 N–H and O–H groups in total. The van der Waals surface area contributed by atoms with Gasteiger partial charge in [-0.2, -0.15) is 13.2 Å². The van der Waals surface area contributed by atoms with Gasteiger partial charge in [-0.25, -0.2) is 0 Å². The maximum Gasteiger partial charge on any atom is 0.401 e. The van der Waals surface area contributed by atoms with Gasteiger partial charge in [0, 0.05) is 45.3 Å². The van der Waals surface area contributed by atoms with Crippen LogP contribution in [0.5, 0.6) is 5.75 Å². The quantitative estimate of drug-likeness (QED) is 0.395. The van der Waals surface area contributed by atoms with Crippen molar-refractivity contribution in [2.75, 3.05) is 40.8 Å². The summed E-state index contributed by atoms with van der Waals surface area (Å²) in [4.78, 5) is 7.61. The highest BCUT2D eigenvalue weighted by atomic mass is 127. The number of benzene rings is 1. The number of likely N-dealkylation sites (tertiary alicyclic amines) is 1. The summed E-state index contributed by atoms with van der Waals surface area (Å²) in [6, 6.07) is 7.67. The van der Waals surface area contributed by atoms with Crippen LogP contribution in [0.1, 0.15) is 12.0 Å². The van der Waals surface area contributed by atoms with Crippen molar-refractivity contribution in [3.8, 4) is 5.75 Å². The third-order valence-corrected chi connectivity index (χ3v) is 4.18. The molecule has 26 heavy (non-hydrogen) atoms. The number of alkyl halides is 3. The average molecular weight is 486 g/mol. The van der Waals surface area contributed by atoms with E-state index in [-0.39, 0.29) is 30.0 Å². The van der Waals surface area contributed by atoms with Crippen LogP contribution in [-0.2, 0) is 6.54 Å². The van der Waals surface area contributed by atoms with Crippen molar-refractivity contribution in [1.29, 1.82) is 0 Å². The second-order valence-corrected chi connectivity index (χ2v) is 6.20. The van der Waals surface area contributed by atoms with Crippen LogP contribution in [0.2, 0.25) is 0 Å². The monoisotopic (exact) mass is 486 g/mol. The second-order valence-electron chi connectivity index (χ2n) is 6.20. The van der Waals surface area contributed by atoms with E-state index in [1.54, 1.807) is 14.2 Å². The number of nitrogens with one attached hydrogen (secondary N) is 1. The van der Waals surface area contributed by atoms with Crippen LogP contribution in [0.3, 0.4) is 0 Å². The van der Waals surface area contributed by atoms with Gasteiger partial charge in [-0.3, -0.25) is 9.89 Å². The number of guanidine groups is 1. The molecule has 0 spiro atoms. The highest BCUT2D eigenvalue weighted by Crippen LogP contribution is 2.21. The Bertz CT molecular complexity index is 598. The molecule has 1 aromatic carbocycles. The Morgan fingerprint density at radius 2 is 2.08 bits per heavy atom. The van der Waals surface area contributed by atoms with Crippen molar-refractivity contribution in [1.82, 2.24) is 15.1 Å². The maximum atomic E-state index is 12.5. The van der Waals surface area contributed by atoms with E-state index in [4.69, 9.17) is 4.74 Å². The van der Waals surface area contributed by atoms with Crippen LogP contribution in [0, 0.1) is 0 Å². The standard InChI is InChI=1S/C17H25F3N4O.HI/c1-21-16(22-14-8-9-24(11-14)12-17(18,19)20)23(2)10-13-6-4-5-7-15(13)25-3;/h4-7,14H,8-12H2,1-3H3,(H,21,22);1H. The molecule has 0 bridgehead atoms. The summed E-state index contributed by atoms with van der Waals surface area (Å²) in [5.74, 6) is 1.45. The van der Waals surface area contributed by atoms with E-state index < -0.39 is 12.7 Å². The molecule has 1 aromatic rings. The van der Waals surface area contributed by atoms with Crippen molar-refractivity contribution in [2.24, 2.45) is 4.99 Å². The molecule has 0 aliphatic carbocycles. The summed E-state index contributed by atoms with van der Waals surface area (Å²) in [5.41, 5.74) is 1.01. The molecule has 1 heterocycles. The Labute approximate surface area is 169 Å². The molecule has 0 aromatic heterocycles. The summed E-state index contributed by atoms with van der Waals surface area (Å²) < 4.78 is 42.9. The molecule has 1 unspecified atom stereocenters. The van der Waals surface area contributed by atoms with E-state index in [0.717, 1.165) is 11.3 Å². The van der Waals surface area contributed by atoms with Crippen molar-refractivity contribution >= 4 is 29.9 Å². The van der Waals surface area contributed by atoms with E-state index in [0.29, 0.717) is 32.0 Å². The van der Waals surface area contributed by atoms with Crippen LogP contribution < -0.4 is 10.1 Å². The number of hydrogen-bond donors (Lipinski definition) is 1. The number of methoxy groups -OCH3 is 1. The Balaban J connectivity index is 0.00000338. The van der Waals surface area contributed by atoms with Crippen molar-refractivity contribution in [3.63, 3.8) is 0 Å². The average Bonchev–Trinajstić information content (AvgIpc) is 2.98. The highest BCUT2D eigenvalue weighted by molar-refractivity contribution is 14.0. The Morgan fingerprint density at radius 1 is 1.38 bits per heavy atom. The Hall–Kier alpha value is -1.23. The van der Waals surface area contributed by atoms with Crippen molar-refractivity contribution < 1.29 is 17.9 Å². The first kappa shape index (κ1) is 22.8. The second kappa shape index (κ2) is 10.2. The largest absolute Gasteiger partial charge is 0.496 e. The predicted octanol–water partition coefficient (Wildman–Crippen LogP) is 2.96. The topological polar surface area (TPSA) is 40.1 Å². The summed E-state index contributed by atoms with van der Waals surface area (Å²) in [7, 11) is 5.19. The van der Waals surface area contributed by atoms with E-state index in [2.05, 4.69) is 10.3 Å². The van der Waals surface area contributed by atoms with Crippen LogP contribution in [0.25, 0.3) is 0 Å². The zero-order valence-electron chi connectivity index (χ0n) is 15.2. The minimum atomic E-state index is -4.16. The summed E-state index contributed by atoms with van der Waals surface area (Å²) in [6.07, 6.45) is -3.49. The van der Waals surface area contributed by atoms with Gasteiger partial charge in [-0.1, -0.05) is 18.2 Å². The van der Waals surface area contributed by atoms with E-state index in [1.165, 1.54) is 4.90 Å². The molecular formula is C17H26F3IN4O. The predicted molar refractivity (Wildman–Crippen MR) is 107 cm³/mol. The van der Waals surface area contributed by atoms with Gasteiger partial charge in [-0.15, -0.1) is 24.0 Å². The van der Waals surface area contributed by atoms with Crippen LogP contribution >= 0.6 is 24.0 Å². The molecular weight excluding hydrogens is 460 g/mol. The van der Waals surface area contributed by atoms with Gasteiger partial charge >= 0.3 is 6.18 Å². The van der Waals surface area contributed by atoms with Crippen molar-refractivity contribution in [2.45, 2.75) is 25.2 Å². The lowest BCUT2D eigenvalue weighted by Gasteiger charge is -2.26. The van der Waals surface area contributed by atoms with Gasteiger partial charge in [0.25, 0.3) is 0 Å². The fraction of sp³-hybridized carbons (Fsp3) is 0.588. The minimum absolute atomic E-state index is 0. The van der Waals surface area contributed by atoms with E-state index in [9.17, 15) is 13.2 Å². The normalized spacial score (nSPS) is 18.4. The van der Waals surface area contributed by atoms with E-state index >= 15 is 0 Å². The van der Waals surface area contributed by atoms with Crippen LogP contribution in [0.15, 0.2) is 29.3 Å². The minimum Gasteiger partial charge on any atom is -0.496 e. The first-order chi connectivity index (χ1) is 11.8. The lowest BCUT2D eigenvalue weighted by molar-refractivity contribution is -0.143. The zero-order chi connectivity index (χ0) is 18.4. The van der Waals surface area contributed by atoms with Gasteiger partial charge in [0.1, 0.15) is 5.75 Å². The van der Waals surface area contributed by atoms with Gasteiger partial charge in [0.2, 0.25) is 0 Å². The van der Waals surface area contributed by atoms with Crippen molar-refractivity contribution in [3.05, 3.63) is 29.8 Å². The number of nitrogens with zero attached hydrogens (tertiary/aromatic N) is 3. The molecule has 0 saturated carbocycles. The first-order valence-electron chi connectivity index (χ1n) is 8.18. The third-order valence-electron chi connectivity index (χ3n) is 4.18. The summed E-state index contributed by atoms with van der Waals surface area (Å²) in [5, 5.41) is 3.26. The third kappa shape index (κ3) is 6.82. The molecule has 5 nitrogen and oxygen atoms in total.